The Kier molecular flexibility index (Phi) is 5.32. The maximum absolute atomic E-state index is 12.6. The van der Waals surface area contributed by atoms with Gasteiger partial charge in [0, 0.05) is 5.92 Å². The van der Waals surface area contributed by atoms with Crippen molar-refractivity contribution in [1.82, 2.24) is 0 Å². The van der Waals surface area contributed by atoms with Crippen molar-refractivity contribution in [2.45, 2.75) is 32.1 Å². The van der Waals surface area contributed by atoms with Gasteiger partial charge in [0.2, 0.25) is 0 Å². The van der Waals surface area contributed by atoms with Gasteiger partial charge in [0.05, 0.1) is 28.4 Å². The number of hydrogen-bond donors (Lipinski definition) is 0. The second kappa shape index (κ2) is 7.31. The van der Waals surface area contributed by atoms with E-state index in [2.05, 4.69) is 6.58 Å². The van der Waals surface area contributed by atoms with E-state index in [4.69, 9.17) is 18.9 Å². The van der Waals surface area contributed by atoms with Gasteiger partial charge < -0.3 is 18.9 Å². The van der Waals surface area contributed by atoms with E-state index >= 15 is 0 Å². The van der Waals surface area contributed by atoms with Gasteiger partial charge >= 0.3 is 23.9 Å². The highest BCUT2D eigenvalue weighted by Gasteiger charge is 2.62. The van der Waals surface area contributed by atoms with Crippen molar-refractivity contribution in [2.24, 2.45) is 22.7 Å². The van der Waals surface area contributed by atoms with Crippen LogP contribution in [0.5, 0.6) is 0 Å². The van der Waals surface area contributed by atoms with Gasteiger partial charge in [-0.3, -0.25) is 19.2 Å². The monoisotopic (exact) mass is 406 g/mol. The summed E-state index contributed by atoms with van der Waals surface area (Å²) in [5, 5.41) is 0. The molecule has 2 fully saturated rings. The third kappa shape index (κ3) is 2.88. The maximum Gasteiger partial charge on any atom is 0.323 e. The minimum Gasteiger partial charge on any atom is -0.468 e. The summed E-state index contributed by atoms with van der Waals surface area (Å²) >= 11 is 0. The lowest BCUT2D eigenvalue weighted by atomic mass is 9.76. The van der Waals surface area contributed by atoms with Gasteiger partial charge in [-0.05, 0) is 38.0 Å². The van der Waals surface area contributed by atoms with Crippen molar-refractivity contribution in [3.05, 3.63) is 23.3 Å². The number of carbonyl (C=O) groups excluding carboxylic acids is 4. The number of fused-ring (bicyclic) bond motifs is 2. The quantitative estimate of drug-likeness (QED) is 0.301. The van der Waals surface area contributed by atoms with Crippen molar-refractivity contribution in [2.75, 3.05) is 28.4 Å². The fourth-order valence-electron chi connectivity index (χ4n) is 5.41. The lowest BCUT2D eigenvalue weighted by Gasteiger charge is -2.28. The highest BCUT2D eigenvalue weighted by Crippen LogP contribution is 2.61. The molecule has 2 atom stereocenters. The van der Waals surface area contributed by atoms with E-state index in [0.717, 1.165) is 16.7 Å². The molecule has 3 aliphatic rings. The predicted octanol–water partition coefficient (Wildman–Crippen LogP) is 1.73. The summed E-state index contributed by atoms with van der Waals surface area (Å²) in [4.78, 5) is 50.3. The second-order valence-electron chi connectivity index (χ2n) is 8.05. The van der Waals surface area contributed by atoms with E-state index < -0.39 is 34.7 Å². The molecule has 0 heterocycles. The SMILES string of the molecule is C=C1C[C@H]2CC(C(=O)OC)(C(=O)OC)CC2=C2CC(C(=O)OC)(C(=O)OC)C[C@@H]12. The van der Waals surface area contributed by atoms with Gasteiger partial charge in [0.25, 0.3) is 0 Å². The molecule has 0 saturated heterocycles. The first-order chi connectivity index (χ1) is 13.7. The Labute approximate surface area is 169 Å². The van der Waals surface area contributed by atoms with Crippen LogP contribution in [-0.2, 0) is 38.1 Å². The molecule has 3 rings (SSSR count). The Morgan fingerprint density at radius 1 is 0.759 bits per heavy atom. The second-order valence-corrected chi connectivity index (χ2v) is 8.05. The zero-order valence-corrected chi connectivity index (χ0v) is 17.2. The van der Waals surface area contributed by atoms with E-state index in [-0.39, 0.29) is 37.5 Å². The van der Waals surface area contributed by atoms with Crippen LogP contribution in [-0.4, -0.2) is 52.3 Å². The van der Waals surface area contributed by atoms with Crippen molar-refractivity contribution < 1.29 is 38.1 Å². The summed E-state index contributed by atoms with van der Waals surface area (Å²) in [5.74, 6) is -2.88. The highest BCUT2D eigenvalue weighted by atomic mass is 16.6. The molecule has 0 radical (unpaired) electrons. The van der Waals surface area contributed by atoms with Crippen molar-refractivity contribution in [3.63, 3.8) is 0 Å². The maximum atomic E-state index is 12.6. The van der Waals surface area contributed by atoms with Crippen molar-refractivity contribution in [3.8, 4) is 0 Å². The summed E-state index contributed by atoms with van der Waals surface area (Å²) in [6, 6.07) is 0. The van der Waals surface area contributed by atoms with Crippen LogP contribution in [0.15, 0.2) is 23.3 Å². The zero-order chi connectivity index (χ0) is 21.6. The van der Waals surface area contributed by atoms with Gasteiger partial charge in [-0.1, -0.05) is 23.3 Å². The Balaban J connectivity index is 2.10. The fourth-order valence-corrected chi connectivity index (χ4v) is 5.41. The van der Waals surface area contributed by atoms with Crippen molar-refractivity contribution >= 4 is 23.9 Å². The van der Waals surface area contributed by atoms with Gasteiger partial charge in [0.1, 0.15) is 0 Å². The summed E-state index contributed by atoms with van der Waals surface area (Å²) < 4.78 is 19.7. The number of carbonyl (C=O) groups is 4. The van der Waals surface area contributed by atoms with Crippen molar-refractivity contribution in [1.29, 1.82) is 0 Å². The number of hydrogen-bond acceptors (Lipinski definition) is 8. The van der Waals surface area contributed by atoms with Crippen LogP contribution < -0.4 is 0 Å². The third-order valence-electron chi connectivity index (χ3n) is 6.76. The molecule has 0 bridgehead atoms. The molecule has 0 N–H and O–H groups in total. The summed E-state index contributed by atoms with van der Waals surface area (Å²) in [6.45, 7) is 4.16. The zero-order valence-electron chi connectivity index (χ0n) is 17.2. The van der Waals surface area contributed by atoms with Crippen LogP contribution in [0.2, 0.25) is 0 Å². The van der Waals surface area contributed by atoms with Crippen LogP contribution in [0.1, 0.15) is 32.1 Å². The molecular weight excluding hydrogens is 380 g/mol. The van der Waals surface area contributed by atoms with Gasteiger partial charge in [-0.2, -0.15) is 0 Å². The first kappa shape index (κ1) is 21.1. The molecule has 29 heavy (non-hydrogen) atoms. The Morgan fingerprint density at radius 2 is 1.17 bits per heavy atom. The number of rotatable bonds is 4. The number of esters is 4. The molecule has 0 amide bonds. The topological polar surface area (TPSA) is 105 Å². The van der Waals surface area contributed by atoms with Crippen LogP contribution in [0.3, 0.4) is 0 Å². The van der Waals surface area contributed by atoms with E-state index in [0.29, 0.717) is 6.42 Å². The van der Waals surface area contributed by atoms with Gasteiger partial charge in [-0.15, -0.1) is 0 Å². The standard InChI is InChI=1S/C21H26O8/c1-11-6-12-7-20(16(22)26-2,17(23)27-3)9-14(12)15-10-21(8-13(11)15,18(24)28-4)19(25)29-5/h12-13H,1,6-10H2,2-5H3/t12-,13-/m0/s1. The predicted molar refractivity (Wildman–Crippen MR) is 99.2 cm³/mol. The molecule has 0 aromatic rings. The molecule has 8 nitrogen and oxygen atoms in total. The molecule has 0 aromatic heterocycles. The molecule has 0 spiro atoms. The minimum absolute atomic E-state index is 0.0990. The van der Waals surface area contributed by atoms with Crippen LogP contribution >= 0.6 is 0 Å². The number of allylic oxidation sites excluding steroid dienone is 3. The lowest BCUT2D eigenvalue weighted by molar-refractivity contribution is -0.170. The summed E-state index contributed by atoms with van der Waals surface area (Å²) in [7, 11) is 4.95. The molecular formula is C21H26O8. The Morgan fingerprint density at radius 3 is 1.62 bits per heavy atom. The number of methoxy groups -OCH3 is 4. The molecule has 0 unspecified atom stereocenters. The first-order valence-corrected chi connectivity index (χ1v) is 9.44. The van der Waals surface area contributed by atoms with E-state index in [1.165, 1.54) is 28.4 Å². The summed E-state index contributed by atoms with van der Waals surface area (Å²) in [5.41, 5.74) is -0.220. The molecule has 0 aliphatic heterocycles. The van der Waals surface area contributed by atoms with E-state index in [1.54, 1.807) is 0 Å². The first-order valence-electron chi connectivity index (χ1n) is 9.44. The van der Waals surface area contributed by atoms with Gasteiger partial charge in [-0.25, -0.2) is 0 Å². The number of ether oxygens (including phenoxy) is 4. The fraction of sp³-hybridized carbons (Fsp3) is 0.619. The highest BCUT2D eigenvalue weighted by molar-refractivity contribution is 6.02. The van der Waals surface area contributed by atoms with E-state index in [1.807, 2.05) is 0 Å². The smallest absolute Gasteiger partial charge is 0.323 e. The average molecular weight is 406 g/mol. The minimum atomic E-state index is -1.45. The normalized spacial score (nSPS) is 26.3. The third-order valence-corrected chi connectivity index (χ3v) is 6.76. The molecule has 2 saturated carbocycles. The van der Waals surface area contributed by atoms with Crippen LogP contribution in [0.25, 0.3) is 0 Å². The Bertz CT molecular complexity index is 789. The molecule has 8 heteroatoms. The summed E-state index contributed by atoms with van der Waals surface area (Å²) in [6.07, 6.45) is 1.30. The van der Waals surface area contributed by atoms with Crippen LogP contribution in [0, 0.1) is 22.7 Å². The largest absolute Gasteiger partial charge is 0.468 e. The molecule has 3 aliphatic carbocycles. The van der Waals surface area contributed by atoms with Gasteiger partial charge in [0.15, 0.2) is 10.8 Å². The lowest BCUT2D eigenvalue weighted by Crippen LogP contribution is -2.39. The van der Waals surface area contributed by atoms with Crippen LogP contribution in [0.4, 0.5) is 0 Å². The van der Waals surface area contributed by atoms with E-state index in [9.17, 15) is 19.2 Å². The molecule has 0 aromatic carbocycles. The average Bonchev–Trinajstić information content (AvgIpc) is 3.32. The molecule has 158 valence electrons. The Hall–Kier alpha value is -2.64.